The molecule has 4 heteroatoms. The van der Waals surface area contributed by atoms with Crippen molar-refractivity contribution in [2.24, 2.45) is 5.92 Å². The Balaban J connectivity index is 1.49. The van der Waals surface area contributed by atoms with Crippen LogP contribution in [0.5, 0.6) is 5.75 Å². The molecule has 1 aromatic heterocycles. The quantitative estimate of drug-likeness (QED) is 0.701. The van der Waals surface area contributed by atoms with Crippen molar-refractivity contribution in [3.05, 3.63) is 40.3 Å². The monoisotopic (exact) mass is 356 g/mol. The molecule has 132 valence electrons. The number of fused-ring (bicyclic) bond motifs is 3. The lowest BCUT2D eigenvalue weighted by molar-refractivity contribution is 0.0416. The normalized spacial score (nSPS) is 16.8. The molecule has 0 amide bonds. The molecule has 0 spiro atoms. The molecule has 0 atom stereocenters. The molecule has 0 aliphatic heterocycles. The van der Waals surface area contributed by atoms with Crippen molar-refractivity contribution in [3.63, 3.8) is 0 Å². The van der Waals surface area contributed by atoms with Gasteiger partial charge in [-0.1, -0.05) is 19.3 Å². The lowest BCUT2D eigenvalue weighted by Crippen LogP contribution is -2.16. The number of hydrogen-bond donors (Lipinski definition) is 0. The molecule has 0 bridgehead atoms. The van der Waals surface area contributed by atoms with E-state index in [-0.39, 0.29) is 5.97 Å². The lowest BCUT2D eigenvalue weighted by atomic mass is 9.90. The third-order valence-electron chi connectivity index (χ3n) is 5.41. The summed E-state index contributed by atoms with van der Waals surface area (Å²) in [5.74, 6) is 1.30. The van der Waals surface area contributed by atoms with Gasteiger partial charge in [0.15, 0.2) is 0 Å². The number of thiophene rings is 1. The number of ether oxygens (including phenoxy) is 2. The van der Waals surface area contributed by atoms with Crippen LogP contribution in [-0.2, 0) is 17.6 Å². The molecular formula is C21H24O3S. The summed E-state index contributed by atoms with van der Waals surface area (Å²) in [5.41, 5.74) is 3.81. The van der Waals surface area contributed by atoms with Crippen molar-refractivity contribution in [1.29, 1.82) is 0 Å². The Morgan fingerprint density at radius 3 is 2.72 bits per heavy atom. The fraction of sp³-hybridized carbons (Fsp3) is 0.476. The van der Waals surface area contributed by atoms with Crippen molar-refractivity contribution >= 4 is 17.3 Å². The predicted molar refractivity (Wildman–Crippen MR) is 101 cm³/mol. The molecule has 0 N–H and O–H groups in total. The second-order valence-electron chi connectivity index (χ2n) is 7.09. The molecule has 2 aliphatic rings. The lowest BCUT2D eigenvalue weighted by Gasteiger charge is -2.20. The van der Waals surface area contributed by atoms with Crippen molar-refractivity contribution < 1.29 is 14.3 Å². The molecule has 1 aromatic carbocycles. The van der Waals surface area contributed by atoms with Gasteiger partial charge in [0.25, 0.3) is 0 Å². The second kappa shape index (κ2) is 7.20. The highest BCUT2D eigenvalue weighted by atomic mass is 32.1. The minimum atomic E-state index is -0.153. The van der Waals surface area contributed by atoms with Crippen LogP contribution in [0.2, 0.25) is 0 Å². The van der Waals surface area contributed by atoms with Gasteiger partial charge in [-0.15, -0.1) is 11.3 Å². The van der Waals surface area contributed by atoms with Gasteiger partial charge in [-0.05, 0) is 72.6 Å². The first-order valence-corrected chi connectivity index (χ1v) is 10.0. The molecular weight excluding hydrogens is 332 g/mol. The summed E-state index contributed by atoms with van der Waals surface area (Å²) >= 11 is 1.57. The summed E-state index contributed by atoms with van der Waals surface area (Å²) in [5, 5.41) is 0. The maximum atomic E-state index is 12.5. The molecule has 1 heterocycles. The van der Waals surface area contributed by atoms with Gasteiger partial charge in [0.1, 0.15) is 10.6 Å². The largest absolute Gasteiger partial charge is 0.497 e. The zero-order chi connectivity index (χ0) is 17.2. The molecule has 3 nitrogen and oxygen atoms in total. The van der Waals surface area contributed by atoms with Crippen LogP contribution in [0.3, 0.4) is 0 Å². The number of carbonyl (C=O) groups excluding carboxylic acids is 1. The molecule has 2 aliphatic carbocycles. The van der Waals surface area contributed by atoms with Crippen LogP contribution in [-0.4, -0.2) is 19.7 Å². The van der Waals surface area contributed by atoms with Crippen LogP contribution < -0.4 is 4.74 Å². The van der Waals surface area contributed by atoms with Crippen molar-refractivity contribution in [2.75, 3.05) is 13.7 Å². The fourth-order valence-corrected chi connectivity index (χ4v) is 5.12. The van der Waals surface area contributed by atoms with Gasteiger partial charge in [0, 0.05) is 4.88 Å². The van der Waals surface area contributed by atoms with Crippen molar-refractivity contribution in [2.45, 2.75) is 44.9 Å². The molecule has 2 aromatic rings. The molecule has 0 unspecified atom stereocenters. The van der Waals surface area contributed by atoms with E-state index in [9.17, 15) is 4.79 Å². The van der Waals surface area contributed by atoms with Crippen LogP contribution in [0.1, 0.15) is 52.9 Å². The van der Waals surface area contributed by atoms with Gasteiger partial charge in [0.05, 0.1) is 13.7 Å². The van der Waals surface area contributed by atoms with E-state index < -0.39 is 0 Å². The third-order valence-corrected chi connectivity index (χ3v) is 6.60. The second-order valence-corrected chi connectivity index (χ2v) is 8.14. The molecule has 0 radical (unpaired) electrons. The summed E-state index contributed by atoms with van der Waals surface area (Å²) < 4.78 is 11.0. The van der Waals surface area contributed by atoms with Gasteiger partial charge in [-0.2, -0.15) is 0 Å². The Hall–Kier alpha value is -1.81. The standard InChI is InChI=1S/C21H24O3S/c1-23-17-9-10-18-15(11-17)7-8-16-12-19(25-20(16)18)21(22)24-13-14-5-3-2-4-6-14/h9-12,14H,2-8,13H2,1H3. The SMILES string of the molecule is COc1ccc2c(c1)CCc1cc(C(=O)OCC3CCCCC3)sc1-2. The number of esters is 1. The number of carbonyl (C=O) groups is 1. The number of aryl methyl sites for hydroxylation is 2. The number of hydrogen-bond acceptors (Lipinski definition) is 4. The highest BCUT2D eigenvalue weighted by molar-refractivity contribution is 7.17. The average Bonchev–Trinajstić information content (AvgIpc) is 3.11. The average molecular weight is 356 g/mol. The highest BCUT2D eigenvalue weighted by Crippen LogP contribution is 2.41. The van der Waals surface area contributed by atoms with E-state index in [1.54, 1.807) is 18.4 Å². The van der Waals surface area contributed by atoms with Crippen LogP contribution in [0.4, 0.5) is 0 Å². The Kier molecular flexibility index (Phi) is 4.80. The molecule has 4 rings (SSSR count). The molecule has 0 saturated heterocycles. The topological polar surface area (TPSA) is 35.5 Å². The van der Waals surface area contributed by atoms with E-state index in [2.05, 4.69) is 12.1 Å². The van der Waals surface area contributed by atoms with Crippen LogP contribution >= 0.6 is 11.3 Å². The van der Waals surface area contributed by atoms with Gasteiger partial charge in [-0.25, -0.2) is 4.79 Å². The molecule has 1 fully saturated rings. The van der Waals surface area contributed by atoms with E-state index >= 15 is 0 Å². The summed E-state index contributed by atoms with van der Waals surface area (Å²) in [7, 11) is 1.70. The van der Waals surface area contributed by atoms with E-state index in [1.807, 2.05) is 12.1 Å². The smallest absolute Gasteiger partial charge is 0.348 e. The zero-order valence-corrected chi connectivity index (χ0v) is 15.5. The third kappa shape index (κ3) is 3.45. The number of methoxy groups -OCH3 is 1. The summed E-state index contributed by atoms with van der Waals surface area (Å²) in [6.45, 7) is 0.579. The van der Waals surface area contributed by atoms with E-state index in [1.165, 1.54) is 53.7 Å². The van der Waals surface area contributed by atoms with Crippen molar-refractivity contribution in [1.82, 2.24) is 0 Å². The van der Waals surface area contributed by atoms with Gasteiger partial charge in [-0.3, -0.25) is 0 Å². The Morgan fingerprint density at radius 2 is 1.92 bits per heavy atom. The summed E-state index contributed by atoms with van der Waals surface area (Å²) in [4.78, 5) is 14.4. The van der Waals surface area contributed by atoms with Crippen molar-refractivity contribution in [3.8, 4) is 16.2 Å². The van der Waals surface area contributed by atoms with Crippen LogP contribution in [0.15, 0.2) is 24.3 Å². The highest BCUT2D eigenvalue weighted by Gasteiger charge is 2.23. The first kappa shape index (κ1) is 16.6. The zero-order valence-electron chi connectivity index (χ0n) is 14.7. The molecule has 25 heavy (non-hydrogen) atoms. The Bertz CT molecular complexity index is 771. The maximum Gasteiger partial charge on any atom is 0.348 e. The first-order chi connectivity index (χ1) is 12.2. The summed E-state index contributed by atoms with van der Waals surface area (Å²) in [6.07, 6.45) is 8.24. The molecule has 1 saturated carbocycles. The summed E-state index contributed by atoms with van der Waals surface area (Å²) in [6, 6.07) is 8.25. The van der Waals surface area contributed by atoms with E-state index in [0.29, 0.717) is 12.5 Å². The number of benzene rings is 1. The maximum absolute atomic E-state index is 12.5. The van der Waals surface area contributed by atoms with Gasteiger partial charge in [0.2, 0.25) is 0 Å². The first-order valence-electron chi connectivity index (χ1n) is 9.21. The van der Waals surface area contributed by atoms with E-state index in [4.69, 9.17) is 9.47 Å². The minimum Gasteiger partial charge on any atom is -0.497 e. The number of rotatable bonds is 4. The predicted octanol–water partition coefficient (Wildman–Crippen LogP) is 5.26. The minimum absolute atomic E-state index is 0.153. The van der Waals surface area contributed by atoms with Gasteiger partial charge < -0.3 is 9.47 Å². The Labute approximate surface area is 153 Å². The van der Waals surface area contributed by atoms with E-state index in [0.717, 1.165) is 23.5 Å². The Morgan fingerprint density at radius 1 is 1.12 bits per heavy atom. The van der Waals surface area contributed by atoms with Crippen LogP contribution in [0.25, 0.3) is 10.4 Å². The fourth-order valence-electron chi connectivity index (χ4n) is 3.96. The van der Waals surface area contributed by atoms with Crippen LogP contribution in [0, 0.1) is 5.92 Å². The van der Waals surface area contributed by atoms with Gasteiger partial charge >= 0.3 is 5.97 Å².